The highest BCUT2D eigenvalue weighted by Crippen LogP contribution is 2.36. The summed E-state index contributed by atoms with van der Waals surface area (Å²) in [5.74, 6) is -8.73. The summed E-state index contributed by atoms with van der Waals surface area (Å²) in [5.41, 5.74) is 0. The lowest BCUT2D eigenvalue weighted by Gasteiger charge is -2.22. The Morgan fingerprint density at radius 1 is 0.846 bits per heavy atom. The molecule has 0 spiro atoms. The molecule has 0 aromatic carbocycles. The molecule has 0 rings (SSSR count). The second-order valence-corrected chi connectivity index (χ2v) is 2.16. The normalized spacial score (nSPS) is 12.0. The molecule has 0 aliphatic rings. The van der Waals surface area contributed by atoms with Crippen LogP contribution in [0.15, 0.2) is 0 Å². The van der Waals surface area contributed by atoms with Crippen LogP contribution in [0, 0.1) is 0 Å². The Labute approximate surface area is 72.9 Å². The maximum atomic E-state index is 11.9. The zero-order valence-corrected chi connectivity index (χ0v) is 7.39. The van der Waals surface area contributed by atoms with E-state index in [0.29, 0.717) is 0 Å². The highest BCUT2D eigenvalue weighted by molar-refractivity contribution is 4.82. The van der Waals surface area contributed by atoms with Crippen LogP contribution in [-0.4, -0.2) is 25.2 Å². The number of rotatable bonds is 3. The number of hydrogen-bond donors (Lipinski definition) is 0. The average molecular weight is 210 g/mol. The molecule has 0 heterocycles. The summed E-state index contributed by atoms with van der Waals surface area (Å²) in [4.78, 5) is 0. The molecule has 82 valence electrons. The third kappa shape index (κ3) is 5.00. The van der Waals surface area contributed by atoms with Gasteiger partial charge in [0.1, 0.15) is 0 Å². The minimum absolute atomic E-state index is 0.250. The van der Waals surface area contributed by atoms with Gasteiger partial charge in [0, 0.05) is 6.42 Å². The highest BCUT2D eigenvalue weighted by Gasteiger charge is 2.54. The van der Waals surface area contributed by atoms with E-state index in [-0.39, 0.29) is 6.67 Å². The minimum Gasteiger partial charge on any atom is -0.251 e. The van der Waals surface area contributed by atoms with Crippen molar-refractivity contribution < 1.29 is 26.3 Å². The molecular weight excluding hydrogens is 198 g/mol. The molecule has 0 nitrogen and oxygen atoms in total. The van der Waals surface area contributed by atoms with E-state index >= 15 is 0 Å². The first-order valence-electron chi connectivity index (χ1n) is 3.66. The van der Waals surface area contributed by atoms with Crippen molar-refractivity contribution in [3.63, 3.8) is 0 Å². The summed E-state index contributed by atoms with van der Waals surface area (Å²) in [5, 5.41) is 0. The molecule has 0 radical (unpaired) electrons. The molecule has 0 aliphatic carbocycles. The average Bonchev–Trinajstić information content (AvgIpc) is 2.05. The third-order valence-corrected chi connectivity index (χ3v) is 1.15. The second kappa shape index (κ2) is 6.10. The quantitative estimate of drug-likeness (QED) is 0.624. The molecule has 0 N–H and O–H groups in total. The van der Waals surface area contributed by atoms with Gasteiger partial charge in [-0.3, -0.25) is 4.39 Å². The van der Waals surface area contributed by atoms with E-state index in [2.05, 4.69) is 0 Å². The zero-order chi connectivity index (χ0) is 11.1. The minimum atomic E-state index is -4.51. The zero-order valence-electron chi connectivity index (χ0n) is 7.39. The fraction of sp³-hybridized carbons (Fsp3) is 1.00. The van der Waals surface area contributed by atoms with Crippen molar-refractivity contribution in [1.29, 1.82) is 0 Å². The van der Waals surface area contributed by atoms with Gasteiger partial charge < -0.3 is 0 Å². The van der Waals surface area contributed by atoms with Gasteiger partial charge in [0.05, 0.1) is 6.67 Å². The van der Waals surface area contributed by atoms with Crippen molar-refractivity contribution in [2.24, 2.45) is 0 Å². The molecule has 0 amide bonds. The van der Waals surface area contributed by atoms with Gasteiger partial charge in [-0.2, -0.15) is 17.6 Å². The molecule has 0 unspecified atom stereocenters. The Morgan fingerprint density at radius 3 is 1.23 bits per heavy atom. The van der Waals surface area contributed by atoms with Crippen molar-refractivity contribution in [2.45, 2.75) is 32.1 Å². The second-order valence-electron chi connectivity index (χ2n) is 2.16. The van der Waals surface area contributed by atoms with Gasteiger partial charge in [-0.15, -0.1) is 0 Å². The Kier molecular flexibility index (Phi) is 7.07. The maximum absolute atomic E-state index is 11.9. The van der Waals surface area contributed by atoms with Crippen LogP contribution in [0.3, 0.4) is 0 Å². The largest absolute Gasteiger partial charge is 0.337 e. The Balaban J connectivity index is 0. The lowest BCUT2D eigenvalue weighted by molar-refractivity contribution is -0.216. The van der Waals surface area contributed by atoms with Gasteiger partial charge in [-0.25, -0.2) is 4.39 Å². The predicted molar refractivity (Wildman–Crippen MR) is 37.8 cm³/mol. The molecule has 0 bridgehead atoms. The number of halogens is 6. The van der Waals surface area contributed by atoms with E-state index in [1.165, 1.54) is 6.92 Å². The van der Waals surface area contributed by atoms with Crippen molar-refractivity contribution >= 4 is 0 Å². The summed E-state index contributed by atoms with van der Waals surface area (Å²) < 4.78 is 69.0. The monoisotopic (exact) mass is 210 g/mol. The molecule has 6 heteroatoms. The van der Waals surface area contributed by atoms with Gasteiger partial charge in [-0.1, -0.05) is 6.92 Å². The molecule has 0 aromatic rings. The number of hydrogen-bond acceptors (Lipinski definition) is 0. The summed E-state index contributed by atoms with van der Waals surface area (Å²) in [6.45, 7) is -0.225. The molecule has 0 fully saturated rings. The summed E-state index contributed by atoms with van der Waals surface area (Å²) in [6.07, 6.45) is -1.05. The number of alkyl halides is 6. The van der Waals surface area contributed by atoms with E-state index in [4.69, 9.17) is 0 Å². The van der Waals surface area contributed by atoms with E-state index in [9.17, 15) is 26.3 Å². The van der Waals surface area contributed by atoms with Gasteiger partial charge in [0.2, 0.25) is 0 Å². The Bertz CT molecular complexity index is 108. The van der Waals surface area contributed by atoms with Gasteiger partial charge in [-0.05, 0) is 6.92 Å². The van der Waals surface area contributed by atoms with E-state index in [1.807, 2.05) is 0 Å². The summed E-state index contributed by atoms with van der Waals surface area (Å²) in [6, 6.07) is 0. The van der Waals surface area contributed by atoms with E-state index in [1.54, 1.807) is 0 Å². The Morgan fingerprint density at radius 2 is 1.15 bits per heavy atom. The fourth-order valence-electron chi connectivity index (χ4n) is 0.356. The molecule has 0 aromatic heterocycles. The first-order chi connectivity index (χ1) is 5.79. The maximum Gasteiger partial charge on any atom is 0.337 e. The van der Waals surface area contributed by atoms with Crippen molar-refractivity contribution in [2.75, 3.05) is 13.3 Å². The molecule has 13 heavy (non-hydrogen) atoms. The smallest absolute Gasteiger partial charge is 0.251 e. The third-order valence-electron chi connectivity index (χ3n) is 1.15. The summed E-state index contributed by atoms with van der Waals surface area (Å²) in [7, 11) is 0. The Hall–Kier alpha value is -0.420. The van der Waals surface area contributed by atoms with Crippen LogP contribution in [0.2, 0.25) is 0 Å². The lowest BCUT2D eigenvalue weighted by atomic mass is 10.1. The van der Waals surface area contributed by atoms with Crippen LogP contribution in [-0.2, 0) is 0 Å². The van der Waals surface area contributed by atoms with Crippen LogP contribution < -0.4 is 0 Å². The van der Waals surface area contributed by atoms with Crippen molar-refractivity contribution in [3.8, 4) is 0 Å². The molecule has 0 aliphatic heterocycles. The predicted octanol–water partition coefficient (Wildman–Crippen LogP) is 3.61. The first-order valence-corrected chi connectivity index (χ1v) is 3.66. The van der Waals surface area contributed by atoms with Crippen LogP contribution in [0.5, 0.6) is 0 Å². The first kappa shape index (κ1) is 15.1. The SMILES string of the molecule is CCC(F)(F)C(F)(F)CF.CCF. The van der Waals surface area contributed by atoms with Crippen LogP contribution in [0.1, 0.15) is 20.3 Å². The van der Waals surface area contributed by atoms with Crippen molar-refractivity contribution in [1.82, 2.24) is 0 Å². The van der Waals surface area contributed by atoms with Crippen LogP contribution in [0.25, 0.3) is 0 Å². The molecule has 0 saturated carbocycles. The molecule has 0 atom stereocenters. The van der Waals surface area contributed by atoms with Gasteiger partial charge in [0.25, 0.3) is 0 Å². The van der Waals surface area contributed by atoms with Crippen LogP contribution in [0.4, 0.5) is 26.3 Å². The fourth-order valence-corrected chi connectivity index (χ4v) is 0.356. The van der Waals surface area contributed by atoms with E-state index < -0.39 is 24.9 Å². The van der Waals surface area contributed by atoms with Gasteiger partial charge >= 0.3 is 11.8 Å². The topological polar surface area (TPSA) is 0 Å². The van der Waals surface area contributed by atoms with Crippen molar-refractivity contribution in [3.05, 3.63) is 0 Å². The van der Waals surface area contributed by atoms with Gasteiger partial charge in [0.15, 0.2) is 6.67 Å². The molecular formula is C7H12F6. The summed E-state index contributed by atoms with van der Waals surface area (Å²) >= 11 is 0. The van der Waals surface area contributed by atoms with Crippen LogP contribution >= 0.6 is 0 Å². The molecule has 0 saturated heterocycles. The van der Waals surface area contributed by atoms with E-state index in [0.717, 1.165) is 6.92 Å². The standard InChI is InChI=1S/C5H7F5.C2H5F/c1-2-4(7,8)5(9,10)3-6;1-2-3/h2-3H2,1H3;2H2,1H3. The highest BCUT2D eigenvalue weighted by atomic mass is 19.3. The lowest BCUT2D eigenvalue weighted by Crippen LogP contribution is -2.41.